The van der Waals surface area contributed by atoms with Gasteiger partial charge in [0, 0.05) is 6.08 Å². The molecule has 0 amide bonds. The Bertz CT molecular complexity index is 573. The van der Waals surface area contributed by atoms with E-state index in [2.05, 4.69) is 0 Å². The first-order chi connectivity index (χ1) is 10.5. The summed E-state index contributed by atoms with van der Waals surface area (Å²) < 4.78 is 16.4. The fraction of sp³-hybridized carbons (Fsp3) is 0.357. The van der Waals surface area contributed by atoms with Crippen molar-refractivity contribution in [2.75, 3.05) is 19.8 Å². The number of carbonyl (C=O) groups is 1. The van der Waals surface area contributed by atoms with E-state index in [0.29, 0.717) is 27.2 Å². The maximum atomic E-state index is 11.4. The van der Waals surface area contributed by atoms with Gasteiger partial charge in [-0.05, 0) is 54.1 Å². The highest BCUT2D eigenvalue weighted by Crippen LogP contribution is 2.34. The molecule has 1 rings (SSSR count). The highest BCUT2D eigenvalue weighted by atomic mass is 127. The molecule has 7 nitrogen and oxygen atoms in total. The molecule has 1 aromatic carbocycles. The van der Waals surface area contributed by atoms with Crippen LogP contribution in [0.15, 0.2) is 18.3 Å². The van der Waals surface area contributed by atoms with Gasteiger partial charge in [-0.3, -0.25) is 10.1 Å². The second kappa shape index (κ2) is 9.23. The standard InChI is InChI=1S/C14H16INO6/c1-3-20-12-8-10(5-6-16(18)19)7-11(15)14(12)22-9-13(17)21-4-2/h5-8H,3-4,9H2,1-2H3. The monoisotopic (exact) mass is 421 g/mol. The molecule has 0 aromatic heterocycles. The van der Waals surface area contributed by atoms with Crippen LogP contribution in [0.5, 0.6) is 11.5 Å². The molecule has 0 N–H and O–H groups in total. The van der Waals surface area contributed by atoms with E-state index in [1.807, 2.05) is 29.5 Å². The van der Waals surface area contributed by atoms with Gasteiger partial charge in [-0.25, -0.2) is 4.79 Å². The average Bonchev–Trinajstić information content (AvgIpc) is 2.44. The zero-order valence-corrected chi connectivity index (χ0v) is 14.4. The SMILES string of the molecule is CCOC(=O)COc1c(I)cc(C=C[N+](=O)[O-])cc1OCC. The van der Waals surface area contributed by atoms with Gasteiger partial charge in [0.25, 0.3) is 0 Å². The fourth-order valence-corrected chi connectivity index (χ4v) is 2.35. The predicted molar refractivity (Wildman–Crippen MR) is 88.5 cm³/mol. The molecule has 0 atom stereocenters. The smallest absolute Gasteiger partial charge is 0.344 e. The Morgan fingerprint density at radius 1 is 1.32 bits per heavy atom. The molecule has 0 aliphatic heterocycles. The Kier molecular flexibility index (Phi) is 7.64. The lowest BCUT2D eigenvalue weighted by atomic mass is 10.2. The fourth-order valence-electron chi connectivity index (χ4n) is 1.57. The molecule has 22 heavy (non-hydrogen) atoms. The highest BCUT2D eigenvalue weighted by molar-refractivity contribution is 14.1. The summed E-state index contributed by atoms with van der Waals surface area (Å²) in [6.07, 6.45) is 2.21. The van der Waals surface area contributed by atoms with Crippen LogP contribution in [0.4, 0.5) is 0 Å². The van der Waals surface area contributed by atoms with Crippen molar-refractivity contribution in [2.24, 2.45) is 0 Å². The molecule has 0 aliphatic rings. The minimum atomic E-state index is -0.543. The number of esters is 1. The maximum absolute atomic E-state index is 11.4. The lowest BCUT2D eigenvalue weighted by Crippen LogP contribution is -2.15. The topological polar surface area (TPSA) is 87.9 Å². The molecule has 0 bridgehead atoms. The van der Waals surface area contributed by atoms with Gasteiger partial charge < -0.3 is 14.2 Å². The van der Waals surface area contributed by atoms with Crippen molar-refractivity contribution in [1.29, 1.82) is 0 Å². The van der Waals surface area contributed by atoms with Crippen molar-refractivity contribution in [2.45, 2.75) is 13.8 Å². The van der Waals surface area contributed by atoms with Gasteiger partial charge in [0.1, 0.15) is 0 Å². The Balaban J connectivity index is 3.00. The maximum Gasteiger partial charge on any atom is 0.344 e. The molecule has 8 heteroatoms. The quantitative estimate of drug-likeness (QED) is 0.278. The third-order valence-electron chi connectivity index (χ3n) is 2.36. The van der Waals surface area contributed by atoms with E-state index < -0.39 is 10.9 Å². The largest absolute Gasteiger partial charge is 0.490 e. The second-order valence-corrected chi connectivity index (χ2v) is 5.12. The van der Waals surface area contributed by atoms with Crippen LogP contribution in [0.3, 0.4) is 0 Å². The number of nitrogens with zero attached hydrogens (tertiary/aromatic N) is 1. The molecular formula is C14H16INO6. The number of hydrogen-bond donors (Lipinski definition) is 0. The van der Waals surface area contributed by atoms with Crippen LogP contribution in [0, 0.1) is 13.7 Å². The summed E-state index contributed by atoms with van der Waals surface area (Å²) in [6, 6.07) is 3.32. The second-order valence-electron chi connectivity index (χ2n) is 3.96. The Morgan fingerprint density at radius 3 is 2.64 bits per heavy atom. The molecule has 0 radical (unpaired) electrons. The van der Waals surface area contributed by atoms with Gasteiger partial charge in [0.15, 0.2) is 18.1 Å². The van der Waals surface area contributed by atoms with Gasteiger partial charge in [-0.1, -0.05) is 0 Å². The number of benzene rings is 1. The Labute approximate surface area is 141 Å². The van der Waals surface area contributed by atoms with E-state index in [1.54, 1.807) is 19.1 Å². The van der Waals surface area contributed by atoms with Crippen molar-refractivity contribution in [3.63, 3.8) is 0 Å². The normalized spacial score (nSPS) is 10.5. The lowest BCUT2D eigenvalue weighted by Gasteiger charge is -2.14. The summed E-state index contributed by atoms with van der Waals surface area (Å²) in [6.45, 7) is 3.97. The van der Waals surface area contributed by atoms with Crippen molar-refractivity contribution >= 4 is 34.6 Å². The molecule has 0 aliphatic carbocycles. The van der Waals surface area contributed by atoms with Crippen LogP contribution in [-0.4, -0.2) is 30.7 Å². The molecule has 1 aromatic rings. The third-order valence-corrected chi connectivity index (χ3v) is 3.16. The molecule has 120 valence electrons. The van der Waals surface area contributed by atoms with Crippen LogP contribution in [0.25, 0.3) is 6.08 Å². The average molecular weight is 421 g/mol. The van der Waals surface area contributed by atoms with E-state index in [1.165, 1.54) is 6.08 Å². The van der Waals surface area contributed by atoms with E-state index >= 15 is 0 Å². The van der Waals surface area contributed by atoms with Gasteiger partial charge in [-0.15, -0.1) is 0 Å². The summed E-state index contributed by atoms with van der Waals surface area (Å²) in [5.74, 6) is 0.355. The van der Waals surface area contributed by atoms with E-state index in [9.17, 15) is 14.9 Å². The summed E-state index contributed by atoms with van der Waals surface area (Å²) in [4.78, 5) is 21.2. The summed E-state index contributed by atoms with van der Waals surface area (Å²) in [5.41, 5.74) is 0.605. The number of carbonyl (C=O) groups excluding carboxylic acids is 1. The van der Waals surface area contributed by atoms with Crippen molar-refractivity contribution < 1.29 is 23.9 Å². The van der Waals surface area contributed by atoms with Gasteiger partial charge in [0.05, 0.1) is 21.7 Å². The minimum absolute atomic E-state index is 0.228. The van der Waals surface area contributed by atoms with E-state index in [-0.39, 0.29) is 13.2 Å². The predicted octanol–water partition coefficient (Wildman–Crippen LogP) is 2.88. The van der Waals surface area contributed by atoms with Crippen LogP contribution in [-0.2, 0) is 9.53 Å². The van der Waals surface area contributed by atoms with Crippen molar-refractivity contribution in [3.05, 3.63) is 37.6 Å². The summed E-state index contributed by atoms with van der Waals surface area (Å²) in [7, 11) is 0. The van der Waals surface area contributed by atoms with E-state index in [0.717, 1.165) is 6.20 Å². The van der Waals surface area contributed by atoms with Gasteiger partial charge >= 0.3 is 5.97 Å². The number of ether oxygens (including phenoxy) is 3. The first-order valence-corrected chi connectivity index (χ1v) is 7.62. The lowest BCUT2D eigenvalue weighted by molar-refractivity contribution is -0.400. The van der Waals surface area contributed by atoms with Crippen molar-refractivity contribution in [1.82, 2.24) is 0 Å². The van der Waals surface area contributed by atoms with Crippen molar-refractivity contribution in [3.8, 4) is 11.5 Å². The zero-order valence-electron chi connectivity index (χ0n) is 12.2. The Hall–Kier alpha value is -1.84. The molecule has 0 unspecified atom stereocenters. The molecule has 0 saturated heterocycles. The summed E-state index contributed by atoms with van der Waals surface area (Å²) in [5, 5.41) is 10.4. The first kappa shape index (κ1) is 18.2. The zero-order chi connectivity index (χ0) is 16.5. The molecule has 0 saturated carbocycles. The van der Waals surface area contributed by atoms with Crippen LogP contribution < -0.4 is 9.47 Å². The third kappa shape index (κ3) is 5.88. The van der Waals surface area contributed by atoms with Gasteiger partial charge in [-0.2, -0.15) is 0 Å². The van der Waals surface area contributed by atoms with E-state index in [4.69, 9.17) is 14.2 Å². The summed E-state index contributed by atoms with van der Waals surface area (Å²) >= 11 is 2.02. The number of halogens is 1. The molecule has 0 heterocycles. The molecule has 0 spiro atoms. The minimum Gasteiger partial charge on any atom is -0.490 e. The van der Waals surface area contributed by atoms with Crippen LogP contribution in [0.1, 0.15) is 19.4 Å². The number of hydrogen-bond acceptors (Lipinski definition) is 6. The van der Waals surface area contributed by atoms with Gasteiger partial charge in [0.2, 0.25) is 6.20 Å². The number of rotatable bonds is 8. The molecular weight excluding hydrogens is 405 g/mol. The highest BCUT2D eigenvalue weighted by Gasteiger charge is 2.14. The van der Waals surface area contributed by atoms with Crippen LogP contribution >= 0.6 is 22.6 Å². The Morgan fingerprint density at radius 2 is 2.05 bits per heavy atom. The molecule has 0 fully saturated rings. The number of nitro groups is 1. The first-order valence-electron chi connectivity index (χ1n) is 6.54. The van der Waals surface area contributed by atoms with Crippen LogP contribution in [0.2, 0.25) is 0 Å².